The van der Waals surface area contributed by atoms with Gasteiger partial charge < -0.3 is 9.47 Å². The highest BCUT2D eigenvalue weighted by Gasteiger charge is 2.15. The first-order valence-corrected chi connectivity index (χ1v) is 6.90. The molecule has 0 saturated carbocycles. The molecule has 0 unspecified atom stereocenters. The van der Waals surface area contributed by atoms with Gasteiger partial charge in [-0.3, -0.25) is 9.59 Å². The second-order valence-electron chi connectivity index (χ2n) is 5.08. The molecule has 0 fully saturated rings. The van der Waals surface area contributed by atoms with Crippen LogP contribution in [0.1, 0.15) is 34.0 Å². The predicted molar refractivity (Wildman–Crippen MR) is 83.7 cm³/mol. The molecule has 114 valence electrons. The lowest BCUT2D eigenvalue weighted by atomic mass is 9.96. The number of methoxy groups -OCH3 is 1. The summed E-state index contributed by atoms with van der Waals surface area (Å²) in [5, 5.41) is 0. The van der Waals surface area contributed by atoms with Crippen LogP contribution in [0.25, 0.3) is 0 Å². The Morgan fingerprint density at radius 1 is 0.864 bits per heavy atom. The van der Waals surface area contributed by atoms with E-state index in [9.17, 15) is 9.59 Å². The summed E-state index contributed by atoms with van der Waals surface area (Å²) in [4.78, 5) is 23.6. The van der Waals surface area contributed by atoms with Crippen molar-refractivity contribution in [1.29, 1.82) is 0 Å². The van der Waals surface area contributed by atoms with Gasteiger partial charge in [0.2, 0.25) is 0 Å². The van der Waals surface area contributed by atoms with Gasteiger partial charge in [-0.1, -0.05) is 0 Å². The number of carbonyl (C=O) groups is 2. The van der Waals surface area contributed by atoms with E-state index >= 15 is 0 Å². The Balaban J connectivity index is 2.35. The second-order valence-corrected chi connectivity index (χ2v) is 5.08. The van der Waals surface area contributed by atoms with Crippen molar-refractivity contribution in [3.8, 4) is 11.5 Å². The van der Waals surface area contributed by atoms with Gasteiger partial charge in [-0.05, 0) is 61.4 Å². The number of carbonyl (C=O) groups excluding carboxylic acids is 2. The van der Waals surface area contributed by atoms with Gasteiger partial charge in [0.25, 0.3) is 0 Å². The summed E-state index contributed by atoms with van der Waals surface area (Å²) in [5.41, 5.74) is 2.83. The minimum Gasteiger partial charge on any atom is -0.497 e. The number of benzene rings is 2. The third kappa shape index (κ3) is 3.34. The smallest absolute Gasteiger partial charge is 0.308 e. The summed E-state index contributed by atoms with van der Waals surface area (Å²) < 4.78 is 10.2. The molecule has 0 saturated heterocycles. The fourth-order valence-electron chi connectivity index (χ4n) is 2.28. The lowest BCUT2D eigenvalue weighted by molar-refractivity contribution is -0.131. The van der Waals surface area contributed by atoms with Crippen molar-refractivity contribution in [3.05, 3.63) is 58.7 Å². The third-order valence-electron chi connectivity index (χ3n) is 3.38. The Labute approximate surface area is 129 Å². The zero-order chi connectivity index (χ0) is 16.3. The fraction of sp³-hybridized carbons (Fsp3) is 0.222. The summed E-state index contributed by atoms with van der Waals surface area (Å²) in [6, 6.07) is 10.3. The normalized spacial score (nSPS) is 10.2. The molecule has 0 radical (unpaired) electrons. The Kier molecular flexibility index (Phi) is 4.61. The topological polar surface area (TPSA) is 52.6 Å². The van der Waals surface area contributed by atoms with E-state index in [-0.39, 0.29) is 11.8 Å². The molecule has 0 atom stereocenters. The molecule has 4 heteroatoms. The van der Waals surface area contributed by atoms with E-state index < -0.39 is 0 Å². The lowest BCUT2D eigenvalue weighted by Crippen LogP contribution is -2.07. The molecule has 2 rings (SSSR count). The maximum Gasteiger partial charge on any atom is 0.308 e. The number of rotatable bonds is 4. The number of ether oxygens (including phenoxy) is 2. The number of ketones is 1. The van der Waals surface area contributed by atoms with E-state index in [0.29, 0.717) is 16.9 Å². The molecule has 0 aliphatic heterocycles. The quantitative estimate of drug-likeness (QED) is 0.493. The van der Waals surface area contributed by atoms with Crippen LogP contribution in [0, 0.1) is 13.8 Å². The summed E-state index contributed by atoms with van der Waals surface area (Å²) in [6.07, 6.45) is 0. The average molecular weight is 298 g/mol. The number of hydrogen-bond acceptors (Lipinski definition) is 4. The van der Waals surface area contributed by atoms with Crippen LogP contribution in [0.3, 0.4) is 0 Å². The molecule has 4 nitrogen and oxygen atoms in total. The maximum atomic E-state index is 12.7. The molecule has 0 aliphatic rings. The standard InChI is InChI=1S/C18H18O4/c1-11-9-14(21-4)5-7-16(11)18(20)17-8-6-15(10-12(17)2)22-13(3)19/h5-10H,1-4H3. The molecule has 2 aromatic rings. The SMILES string of the molecule is COc1ccc(C(=O)c2ccc(OC(C)=O)cc2C)c(C)c1. The highest BCUT2D eigenvalue weighted by atomic mass is 16.5. The van der Waals surface area contributed by atoms with Crippen LogP contribution in [-0.2, 0) is 4.79 Å². The lowest BCUT2D eigenvalue weighted by Gasteiger charge is -2.10. The summed E-state index contributed by atoms with van der Waals surface area (Å²) in [7, 11) is 1.59. The van der Waals surface area contributed by atoms with Crippen molar-refractivity contribution < 1.29 is 19.1 Å². The van der Waals surface area contributed by atoms with Gasteiger partial charge in [0.1, 0.15) is 11.5 Å². The monoisotopic (exact) mass is 298 g/mol. The van der Waals surface area contributed by atoms with E-state index in [1.165, 1.54) is 6.92 Å². The molecule has 0 N–H and O–H groups in total. The van der Waals surface area contributed by atoms with Crippen LogP contribution >= 0.6 is 0 Å². The Hall–Kier alpha value is -2.62. The Morgan fingerprint density at radius 3 is 1.82 bits per heavy atom. The molecule has 0 heterocycles. The highest BCUT2D eigenvalue weighted by molar-refractivity contribution is 6.10. The Morgan fingerprint density at radius 2 is 1.36 bits per heavy atom. The van der Waals surface area contributed by atoms with Crippen LogP contribution in [0.15, 0.2) is 36.4 Å². The molecular formula is C18H18O4. The van der Waals surface area contributed by atoms with Crippen molar-refractivity contribution >= 4 is 11.8 Å². The molecule has 0 bridgehead atoms. The average Bonchev–Trinajstić information content (AvgIpc) is 2.46. The van der Waals surface area contributed by atoms with Crippen LogP contribution in [-0.4, -0.2) is 18.9 Å². The summed E-state index contributed by atoms with van der Waals surface area (Å²) >= 11 is 0. The van der Waals surface area contributed by atoms with E-state index in [2.05, 4.69) is 0 Å². The minimum absolute atomic E-state index is 0.0629. The van der Waals surface area contributed by atoms with E-state index in [1.807, 2.05) is 19.9 Å². The molecular weight excluding hydrogens is 280 g/mol. The van der Waals surface area contributed by atoms with Crippen LogP contribution in [0.4, 0.5) is 0 Å². The van der Waals surface area contributed by atoms with Crippen molar-refractivity contribution in [2.24, 2.45) is 0 Å². The molecule has 22 heavy (non-hydrogen) atoms. The largest absolute Gasteiger partial charge is 0.497 e. The summed E-state index contributed by atoms with van der Waals surface area (Å²) in [6.45, 7) is 5.03. The first kappa shape index (κ1) is 15.8. The maximum absolute atomic E-state index is 12.7. The van der Waals surface area contributed by atoms with Crippen molar-refractivity contribution in [2.45, 2.75) is 20.8 Å². The Bertz CT molecular complexity index is 732. The van der Waals surface area contributed by atoms with Gasteiger partial charge in [-0.15, -0.1) is 0 Å². The van der Waals surface area contributed by atoms with Crippen LogP contribution in [0.5, 0.6) is 11.5 Å². The zero-order valence-corrected chi connectivity index (χ0v) is 13.1. The first-order valence-electron chi connectivity index (χ1n) is 6.90. The second kappa shape index (κ2) is 6.43. The molecule has 0 aliphatic carbocycles. The van der Waals surface area contributed by atoms with Crippen molar-refractivity contribution in [1.82, 2.24) is 0 Å². The van der Waals surface area contributed by atoms with E-state index in [0.717, 1.165) is 16.9 Å². The molecule has 2 aromatic carbocycles. The van der Waals surface area contributed by atoms with E-state index in [1.54, 1.807) is 37.4 Å². The molecule has 0 spiro atoms. The van der Waals surface area contributed by atoms with Gasteiger partial charge in [0.15, 0.2) is 5.78 Å². The van der Waals surface area contributed by atoms with Gasteiger partial charge in [-0.2, -0.15) is 0 Å². The predicted octanol–water partition coefficient (Wildman–Crippen LogP) is 3.47. The summed E-state index contributed by atoms with van der Waals surface area (Å²) in [5.74, 6) is 0.709. The van der Waals surface area contributed by atoms with Crippen molar-refractivity contribution in [3.63, 3.8) is 0 Å². The van der Waals surface area contributed by atoms with Crippen LogP contribution < -0.4 is 9.47 Å². The van der Waals surface area contributed by atoms with Gasteiger partial charge in [0.05, 0.1) is 7.11 Å². The number of esters is 1. The number of aryl methyl sites for hydroxylation is 2. The molecule has 0 aromatic heterocycles. The van der Waals surface area contributed by atoms with E-state index in [4.69, 9.17) is 9.47 Å². The fourth-order valence-corrected chi connectivity index (χ4v) is 2.28. The number of hydrogen-bond donors (Lipinski definition) is 0. The van der Waals surface area contributed by atoms with Gasteiger partial charge in [-0.25, -0.2) is 0 Å². The zero-order valence-electron chi connectivity index (χ0n) is 13.1. The van der Waals surface area contributed by atoms with Gasteiger partial charge in [0, 0.05) is 18.1 Å². The molecule has 0 amide bonds. The van der Waals surface area contributed by atoms with Crippen LogP contribution in [0.2, 0.25) is 0 Å². The van der Waals surface area contributed by atoms with Crippen molar-refractivity contribution in [2.75, 3.05) is 7.11 Å². The minimum atomic E-state index is -0.385. The van der Waals surface area contributed by atoms with Gasteiger partial charge >= 0.3 is 5.97 Å². The highest BCUT2D eigenvalue weighted by Crippen LogP contribution is 2.23. The third-order valence-corrected chi connectivity index (χ3v) is 3.38. The first-order chi connectivity index (χ1) is 10.4.